The molecule has 0 bridgehead atoms. The Morgan fingerprint density at radius 1 is 0.444 bits per heavy atom. The molecule has 0 saturated carbocycles. The SMILES string of the molecule is [2H]c1c([2H])c([2H])c(-c2nc(-c3ccccc3)nc(-c3c([2H])c([2H])c4oc5c([2H])c(-c6cccc7ccccc67)c6c([2H])c([2H])c([2H])c([2H])c6c5c4c3[2H])n2)c([2H])c1[2H]. The van der Waals surface area contributed by atoms with Crippen LogP contribution in [0.2, 0.25) is 0 Å². The van der Waals surface area contributed by atoms with Crippen molar-refractivity contribution in [2.45, 2.75) is 0 Å². The largest absolute Gasteiger partial charge is 0.456 e. The highest BCUT2D eigenvalue weighted by Gasteiger charge is 2.18. The molecular weight excluding hydrogens is 550 g/mol. The molecule has 7 aromatic carbocycles. The van der Waals surface area contributed by atoms with Gasteiger partial charge in [-0.2, -0.15) is 0 Å². The predicted octanol–water partition coefficient (Wildman–Crippen LogP) is 10.7. The summed E-state index contributed by atoms with van der Waals surface area (Å²) in [5.41, 5.74) is -0.0507. The number of aromatic nitrogens is 3. The van der Waals surface area contributed by atoms with Gasteiger partial charge in [0, 0.05) is 27.5 Å². The van der Waals surface area contributed by atoms with E-state index in [4.69, 9.17) is 15.4 Å². The van der Waals surface area contributed by atoms with Gasteiger partial charge in [0.2, 0.25) is 0 Å². The first-order chi connectivity index (χ1) is 27.7. The van der Waals surface area contributed by atoms with Crippen LogP contribution in [-0.4, -0.2) is 15.0 Å². The van der Waals surface area contributed by atoms with E-state index in [2.05, 4.69) is 15.0 Å². The van der Waals surface area contributed by atoms with Crippen molar-refractivity contribution < 1.29 is 22.2 Å². The molecule has 0 aliphatic carbocycles. The molecule has 4 nitrogen and oxygen atoms in total. The molecule has 0 atom stereocenters. The molecular formula is C41H25N3O. The molecule has 4 heteroatoms. The Morgan fingerprint density at radius 2 is 1.13 bits per heavy atom. The number of furan rings is 1. The maximum atomic E-state index is 9.66. The number of benzene rings is 7. The minimum Gasteiger partial charge on any atom is -0.456 e. The van der Waals surface area contributed by atoms with E-state index in [1.807, 2.05) is 30.3 Å². The minimum atomic E-state index is -0.633. The third-order valence-corrected chi connectivity index (χ3v) is 7.56. The highest BCUT2D eigenvalue weighted by atomic mass is 16.3. The van der Waals surface area contributed by atoms with Gasteiger partial charge in [0.05, 0.1) is 17.8 Å². The molecule has 0 spiro atoms. The van der Waals surface area contributed by atoms with Gasteiger partial charge in [-0.15, -0.1) is 0 Å². The van der Waals surface area contributed by atoms with E-state index < -0.39 is 72.5 Å². The van der Waals surface area contributed by atoms with Crippen molar-refractivity contribution in [1.29, 1.82) is 0 Å². The van der Waals surface area contributed by atoms with Gasteiger partial charge < -0.3 is 4.42 Å². The minimum absolute atomic E-state index is 0.0000165. The standard InChI is InChI=1S/C41H25N3O/c1-3-13-27(14-4-1)39-42-40(28-15-5-2-6-16-28)44-41(43-39)29-22-23-36-35(24-29)38-33-20-10-9-19-32(33)34(25-37(38)45-36)31-21-11-17-26-12-7-8-18-30(26)31/h1-25H/i1D,3D,4D,9D,10D,13D,14D,19D,20D,22D,23D,24D,25D. The zero-order valence-corrected chi connectivity index (χ0v) is 23.2. The second-order valence-electron chi connectivity index (χ2n) is 10.2. The second-order valence-corrected chi connectivity index (χ2v) is 10.2. The molecule has 0 saturated heterocycles. The molecule has 0 aliphatic heterocycles. The molecule has 2 aromatic heterocycles. The summed E-state index contributed by atoms with van der Waals surface area (Å²) >= 11 is 0. The van der Waals surface area contributed by atoms with E-state index in [1.54, 1.807) is 42.5 Å². The number of hydrogen-bond donors (Lipinski definition) is 0. The van der Waals surface area contributed by atoms with Crippen molar-refractivity contribution in [2.24, 2.45) is 0 Å². The molecule has 0 N–H and O–H groups in total. The van der Waals surface area contributed by atoms with Gasteiger partial charge in [0.1, 0.15) is 11.2 Å². The van der Waals surface area contributed by atoms with E-state index in [1.165, 1.54) is 0 Å². The molecule has 0 aliphatic rings. The third-order valence-electron chi connectivity index (χ3n) is 7.56. The quantitative estimate of drug-likeness (QED) is 0.205. The predicted molar refractivity (Wildman–Crippen MR) is 184 cm³/mol. The van der Waals surface area contributed by atoms with Gasteiger partial charge in [-0.3, -0.25) is 0 Å². The fraction of sp³-hybridized carbons (Fsp3) is 0. The normalized spacial score (nSPS) is 15.6. The van der Waals surface area contributed by atoms with Crippen molar-refractivity contribution in [3.8, 4) is 45.3 Å². The topological polar surface area (TPSA) is 51.8 Å². The van der Waals surface area contributed by atoms with Gasteiger partial charge >= 0.3 is 0 Å². The average Bonchev–Trinajstić information content (AvgIpc) is 3.64. The van der Waals surface area contributed by atoms with Crippen molar-refractivity contribution in [1.82, 2.24) is 15.0 Å². The van der Waals surface area contributed by atoms with Crippen LogP contribution < -0.4 is 0 Å². The van der Waals surface area contributed by atoms with Crippen molar-refractivity contribution >= 4 is 43.5 Å². The molecule has 0 fully saturated rings. The first-order valence-electron chi connectivity index (χ1n) is 20.5. The van der Waals surface area contributed by atoms with Crippen LogP contribution in [0, 0.1) is 0 Å². The average molecular weight is 589 g/mol. The summed E-state index contributed by atoms with van der Waals surface area (Å²) in [6, 6.07) is 14.3. The molecule has 2 heterocycles. The fourth-order valence-corrected chi connectivity index (χ4v) is 5.54. The van der Waals surface area contributed by atoms with Gasteiger partial charge in [0.25, 0.3) is 0 Å². The van der Waals surface area contributed by atoms with Crippen LogP contribution in [-0.2, 0) is 0 Å². The lowest BCUT2D eigenvalue weighted by atomic mass is 9.92. The van der Waals surface area contributed by atoms with Crippen LogP contribution in [0.3, 0.4) is 0 Å². The summed E-state index contributed by atoms with van der Waals surface area (Å²) in [4.78, 5) is 13.6. The molecule has 0 radical (unpaired) electrons. The number of fused-ring (bicyclic) bond motifs is 6. The Balaban J connectivity index is 1.44. The first kappa shape index (κ1) is 15.6. The number of hydrogen-bond acceptors (Lipinski definition) is 4. The van der Waals surface area contributed by atoms with E-state index >= 15 is 0 Å². The van der Waals surface area contributed by atoms with Gasteiger partial charge in [-0.25, -0.2) is 15.0 Å². The molecule has 0 unspecified atom stereocenters. The third kappa shape index (κ3) is 4.27. The van der Waals surface area contributed by atoms with E-state index in [0.717, 1.165) is 5.39 Å². The molecule has 9 aromatic rings. The first-order valence-corrected chi connectivity index (χ1v) is 14.0. The van der Waals surface area contributed by atoms with Crippen LogP contribution in [0.5, 0.6) is 0 Å². The van der Waals surface area contributed by atoms with Crippen molar-refractivity contribution in [2.75, 3.05) is 0 Å². The van der Waals surface area contributed by atoms with Crippen LogP contribution >= 0.6 is 0 Å². The summed E-state index contributed by atoms with van der Waals surface area (Å²) in [6.07, 6.45) is 0. The van der Waals surface area contributed by atoms with E-state index in [9.17, 15) is 6.85 Å². The lowest BCUT2D eigenvalue weighted by Gasteiger charge is -2.11. The zero-order chi connectivity index (χ0) is 41.1. The Hall–Kier alpha value is -6.13. The summed E-state index contributed by atoms with van der Waals surface area (Å²) in [6.45, 7) is 0. The maximum Gasteiger partial charge on any atom is 0.164 e. The van der Waals surface area contributed by atoms with Gasteiger partial charge in [0.15, 0.2) is 17.5 Å². The lowest BCUT2D eigenvalue weighted by molar-refractivity contribution is 0.669. The van der Waals surface area contributed by atoms with Crippen LogP contribution in [0.4, 0.5) is 0 Å². The highest BCUT2D eigenvalue weighted by molar-refractivity contribution is 6.23. The summed E-state index contributed by atoms with van der Waals surface area (Å²) in [7, 11) is 0. The van der Waals surface area contributed by atoms with Crippen molar-refractivity contribution in [3.63, 3.8) is 0 Å². The smallest absolute Gasteiger partial charge is 0.164 e. The van der Waals surface area contributed by atoms with Crippen molar-refractivity contribution in [3.05, 3.63) is 151 Å². The summed E-state index contributed by atoms with van der Waals surface area (Å²) in [5, 5.41) is 1.29. The Labute approximate surface area is 277 Å². The molecule has 9 rings (SSSR count). The maximum absolute atomic E-state index is 9.66. The zero-order valence-electron chi connectivity index (χ0n) is 36.2. The summed E-state index contributed by atoms with van der Waals surface area (Å²) in [5.74, 6) is -0.723. The fourth-order valence-electron chi connectivity index (χ4n) is 5.54. The van der Waals surface area contributed by atoms with E-state index in [-0.39, 0.29) is 72.9 Å². The Morgan fingerprint density at radius 3 is 1.98 bits per heavy atom. The van der Waals surface area contributed by atoms with Crippen LogP contribution in [0.1, 0.15) is 17.8 Å². The Bertz CT molecular complexity index is 3250. The molecule has 45 heavy (non-hydrogen) atoms. The molecule has 210 valence electrons. The number of nitrogens with zero attached hydrogens (tertiary/aromatic N) is 3. The molecule has 0 amide bonds. The summed E-state index contributed by atoms with van der Waals surface area (Å²) < 4.78 is 121. The number of rotatable bonds is 4. The highest BCUT2D eigenvalue weighted by Crippen LogP contribution is 2.42. The second kappa shape index (κ2) is 10.2. The van der Waals surface area contributed by atoms with E-state index in [0.29, 0.717) is 16.5 Å². The lowest BCUT2D eigenvalue weighted by Crippen LogP contribution is -2.00. The van der Waals surface area contributed by atoms with Crippen LogP contribution in [0.15, 0.2) is 156 Å². The van der Waals surface area contributed by atoms with Crippen LogP contribution in [0.25, 0.3) is 88.8 Å². The monoisotopic (exact) mass is 588 g/mol. The Kier molecular flexibility index (Phi) is 3.54. The van der Waals surface area contributed by atoms with Gasteiger partial charge in [-0.05, 0) is 56.8 Å². The van der Waals surface area contributed by atoms with Gasteiger partial charge in [-0.1, -0.05) is 127 Å².